The highest BCUT2D eigenvalue weighted by Crippen LogP contribution is 2.73. The van der Waals surface area contributed by atoms with E-state index in [4.69, 9.17) is 27.9 Å². The summed E-state index contributed by atoms with van der Waals surface area (Å²) in [5.74, 6) is 0.531. The number of benzene rings is 1. The predicted molar refractivity (Wildman–Crippen MR) is 227 cm³/mol. The van der Waals surface area contributed by atoms with Crippen LogP contribution >= 0.6 is 23.2 Å². The standard InChI is InChI=1S/C47H70Cl2N2O6/c1-28(2)40-35(52)24-47(37(53)27-51(22-21-50(9)10)26-29-11-12-30(48)23-34(29)49)20-19-45(7)31-15-16-36-44(5,6)38(57-39(54)25-43(3,4)42(55)56)17-18-46(36,8)32(31)13-14-33(45)41(40)47/h11-12,23,28,31-33,36-38,53H,13-22,24-27H2,1-10H3,(H,55,56)/t31-,32?,33-,36?,37-,38+,45+,46-,47+/m1/s1. The van der Waals surface area contributed by atoms with Crippen molar-refractivity contribution in [1.29, 1.82) is 0 Å². The smallest absolute Gasteiger partial charge is 0.309 e. The Balaban J connectivity index is 1.26. The highest BCUT2D eigenvalue weighted by molar-refractivity contribution is 6.35. The van der Waals surface area contributed by atoms with Crippen molar-refractivity contribution in [1.82, 2.24) is 9.80 Å². The zero-order valence-corrected chi connectivity index (χ0v) is 37.9. The van der Waals surface area contributed by atoms with Crippen LogP contribution in [-0.2, 0) is 25.7 Å². The minimum Gasteiger partial charge on any atom is -0.481 e. The fourth-order valence-electron chi connectivity index (χ4n) is 13.3. The van der Waals surface area contributed by atoms with Gasteiger partial charge in [0, 0.05) is 53.5 Å². The molecule has 0 radical (unpaired) electrons. The lowest BCUT2D eigenvalue weighted by Gasteiger charge is -2.68. The van der Waals surface area contributed by atoms with Gasteiger partial charge in [-0.2, -0.15) is 0 Å². The van der Waals surface area contributed by atoms with Crippen molar-refractivity contribution in [2.45, 2.75) is 138 Å². The highest BCUT2D eigenvalue weighted by atomic mass is 35.5. The van der Waals surface area contributed by atoms with Gasteiger partial charge >= 0.3 is 11.9 Å². The predicted octanol–water partition coefficient (Wildman–Crippen LogP) is 9.72. The van der Waals surface area contributed by atoms with Gasteiger partial charge in [-0.15, -0.1) is 0 Å². The topological polar surface area (TPSA) is 107 Å². The Labute approximate surface area is 352 Å². The number of Topliss-reactive ketones (excluding diaryl/α,β-unsaturated/α-hetero) is 1. The number of carboxylic acid groups (broad SMARTS) is 1. The van der Waals surface area contributed by atoms with Gasteiger partial charge in [0.15, 0.2) is 5.78 Å². The molecule has 2 unspecified atom stereocenters. The number of rotatable bonds is 13. The van der Waals surface area contributed by atoms with Gasteiger partial charge in [-0.25, -0.2) is 0 Å². The first-order valence-corrected chi connectivity index (χ1v) is 22.4. The molecule has 0 aromatic heterocycles. The second-order valence-corrected chi connectivity index (χ2v) is 22.1. The van der Waals surface area contributed by atoms with Gasteiger partial charge < -0.3 is 19.8 Å². The van der Waals surface area contributed by atoms with E-state index in [1.54, 1.807) is 19.9 Å². The Kier molecular flexibility index (Phi) is 12.6. The number of allylic oxidation sites excluding steroid dienone is 1. The third kappa shape index (κ3) is 8.02. The van der Waals surface area contributed by atoms with Crippen LogP contribution in [0.5, 0.6) is 0 Å². The van der Waals surface area contributed by atoms with Crippen LogP contribution in [0.3, 0.4) is 0 Å². The number of ether oxygens (including phenoxy) is 1. The number of halogens is 2. The number of aliphatic carboxylic acids is 1. The van der Waals surface area contributed by atoms with Crippen LogP contribution in [0, 0.1) is 56.7 Å². The maximum atomic E-state index is 14.3. The highest BCUT2D eigenvalue weighted by Gasteiger charge is 2.67. The number of ketones is 1. The zero-order valence-electron chi connectivity index (χ0n) is 36.4. The van der Waals surface area contributed by atoms with E-state index in [1.807, 2.05) is 12.1 Å². The average molecular weight is 830 g/mol. The molecule has 57 heavy (non-hydrogen) atoms. The van der Waals surface area contributed by atoms with Gasteiger partial charge in [0.25, 0.3) is 0 Å². The van der Waals surface area contributed by atoms with E-state index >= 15 is 0 Å². The molecule has 0 amide bonds. The fourth-order valence-corrected chi connectivity index (χ4v) is 13.7. The number of nitrogens with zero attached hydrogens (tertiary/aromatic N) is 2. The van der Waals surface area contributed by atoms with Crippen LogP contribution < -0.4 is 0 Å². The maximum absolute atomic E-state index is 14.3. The molecule has 0 heterocycles. The molecule has 0 spiro atoms. The lowest BCUT2D eigenvalue weighted by molar-refractivity contribution is -0.205. The molecule has 1 aromatic rings. The summed E-state index contributed by atoms with van der Waals surface area (Å²) >= 11 is 12.9. The van der Waals surface area contributed by atoms with E-state index in [0.717, 1.165) is 75.6 Å². The number of aliphatic hydroxyl groups is 1. The summed E-state index contributed by atoms with van der Waals surface area (Å²) in [7, 11) is 4.13. The summed E-state index contributed by atoms with van der Waals surface area (Å²) in [5, 5.41) is 23.5. The number of carboxylic acids is 1. The first-order valence-electron chi connectivity index (χ1n) is 21.7. The molecule has 4 saturated carbocycles. The van der Waals surface area contributed by atoms with Gasteiger partial charge in [0.1, 0.15) is 6.10 Å². The number of esters is 1. The second-order valence-electron chi connectivity index (χ2n) is 21.2. The van der Waals surface area contributed by atoms with Gasteiger partial charge in [-0.3, -0.25) is 19.3 Å². The lowest BCUT2D eigenvalue weighted by atomic mass is 9.37. The quantitative estimate of drug-likeness (QED) is 0.190. The van der Waals surface area contributed by atoms with E-state index in [0.29, 0.717) is 47.3 Å². The third-order valence-electron chi connectivity index (χ3n) is 16.4. The molecule has 10 heteroatoms. The Hall–Kier alpha value is -1.97. The molecular formula is C47H70Cl2N2O6. The molecule has 1 aromatic carbocycles. The van der Waals surface area contributed by atoms with E-state index in [9.17, 15) is 24.6 Å². The molecule has 8 nitrogen and oxygen atoms in total. The number of carbonyl (C=O) groups is 3. The fraction of sp³-hybridized carbons (Fsp3) is 0.766. The van der Waals surface area contributed by atoms with Crippen molar-refractivity contribution in [3.63, 3.8) is 0 Å². The van der Waals surface area contributed by atoms with Crippen LogP contribution in [0.15, 0.2) is 29.3 Å². The van der Waals surface area contributed by atoms with Crippen molar-refractivity contribution >= 4 is 40.9 Å². The SMILES string of the molecule is CC(C)C1=C2[C@H]3CCC4[C@@H](CCC5C(C)(C)[C@@H](OC(=O)CC(C)(C)C(=O)O)CC[C@]45C)[C@]3(C)CC[C@@]2([C@H](O)CN(CCN(C)C)Cc2ccc(Cl)cc2Cl)CC1=O. The lowest BCUT2D eigenvalue weighted by Crippen LogP contribution is -2.62. The van der Waals surface area contributed by atoms with Gasteiger partial charge in [-0.05, 0) is 143 Å². The molecule has 4 fully saturated rings. The van der Waals surface area contributed by atoms with Gasteiger partial charge in [-0.1, -0.05) is 76.4 Å². The molecule has 318 valence electrons. The van der Waals surface area contributed by atoms with Gasteiger partial charge in [0.05, 0.1) is 17.9 Å². The molecule has 0 saturated heterocycles. The molecular weight excluding hydrogens is 759 g/mol. The molecule has 9 atom stereocenters. The number of aliphatic hydroxyl groups excluding tert-OH is 1. The van der Waals surface area contributed by atoms with Gasteiger partial charge in [0.2, 0.25) is 0 Å². The largest absolute Gasteiger partial charge is 0.481 e. The van der Waals surface area contributed by atoms with Crippen LogP contribution in [-0.4, -0.2) is 83.7 Å². The Morgan fingerprint density at radius 3 is 2.25 bits per heavy atom. The summed E-state index contributed by atoms with van der Waals surface area (Å²) in [5.41, 5.74) is 1.34. The minimum atomic E-state index is -1.17. The first-order chi connectivity index (χ1) is 26.5. The van der Waals surface area contributed by atoms with E-state index in [-0.39, 0.29) is 46.4 Å². The third-order valence-corrected chi connectivity index (χ3v) is 17.0. The molecule has 2 N–H and O–H groups in total. The number of likely N-dealkylation sites (N-methyl/N-ethyl adjacent to an activating group) is 1. The molecule has 5 aliphatic carbocycles. The second kappa shape index (κ2) is 16.1. The molecule has 6 rings (SSSR count). The van der Waals surface area contributed by atoms with Crippen molar-refractivity contribution < 1.29 is 29.3 Å². The van der Waals surface area contributed by atoms with Crippen LogP contribution in [0.4, 0.5) is 0 Å². The van der Waals surface area contributed by atoms with Crippen molar-refractivity contribution in [2.75, 3.05) is 33.7 Å². The summed E-state index contributed by atoms with van der Waals surface area (Å²) in [4.78, 5) is 43.6. The van der Waals surface area contributed by atoms with E-state index in [2.05, 4.69) is 65.4 Å². The van der Waals surface area contributed by atoms with E-state index < -0.39 is 28.9 Å². The van der Waals surface area contributed by atoms with Crippen molar-refractivity contribution in [3.8, 4) is 0 Å². The Morgan fingerprint density at radius 1 is 0.947 bits per heavy atom. The first kappa shape index (κ1) is 44.6. The average Bonchev–Trinajstić information content (AvgIpc) is 3.42. The van der Waals surface area contributed by atoms with Crippen molar-refractivity contribution in [3.05, 3.63) is 45.0 Å². The molecule has 0 aliphatic heterocycles. The maximum Gasteiger partial charge on any atom is 0.309 e. The molecule has 0 bridgehead atoms. The van der Waals surface area contributed by atoms with Crippen LogP contribution in [0.1, 0.15) is 125 Å². The monoisotopic (exact) mass is 828 g/mol. The number of hydrogen-bond donors (Lipinski definition) is 2. The number of carbonyl (C=O) groups excluding carboxylic acids is 2. The Morgan fingerprint density at radius 2 is 1.61 bits per heavy atom. The van der Waals surface area contributed by atoms with Crippen LogP contribution in [0.25, 0.3) is 0 Å². The van der Waals surface area contributed by atoms with E-state index in [1.165, 1.54) is 5.57 Å². The normalized spacial score (nSPS) is 34.2. The van der Waals surface area contributed by atoms with Crippen LogP contribution in [0.2, 0.25) is 10.0 Å². The minimum absolute atomic E-state index is 0.0114. The zero-order chi connectivity index (χ0) is 42.0. The summed E-state index contributed by atoms with van der Waals surface area (Å²) in [6.45, 7) is 19.7. The van der Waals surface area contributed by atoms with Crippen molar-refractivity contribution in [2.24, 2.45) is 56.7 Å². The summed E-state index contributed by atoms with van der Waals surface area (Å²) in [6.07, 6.45) is 7.11. The number of fused-ring (bicyclic) bond motifs is 7. The number of hydrogen-bond acceptors (Lipinski definition) is 7. The summed E-state index contributed by atoms with van der Waals surface area (Å²) in [6, 6.07) is 5.62. The summed E-state index contributed by atoms with van der Waals surface area (Å²) < 4.78 is 6.17. The Bertz CT molecular complexity index is 1760. The molecule has 5 aliphatic rings.